The van der Waals surface area contributed by atoms with E-state index in [-0.39, 0.29) is 17.6 Å². The predicted molar refractivity (Wildman–Crippen MR) is 120 cm³/mol. The van der Waals surface area contributed by atoms with Gasteiger partial charge in [-0.05, 0) is 18.6 Å². The molecule has 0 saturated heterocycles. The van der Waals surface area contributed by atoms with Crippen molar-refractivity contribution in [3.8, 4) is 17.2 Å². The van der Waals surface area contributed by atoms with Gasteiger partial charge in [0.25, 0.3) is 5.91 Å². The quantitative estimate of drug-likeness (QED) is 0.532. The summed E-state index contributed by atoms with van der Waals surface area (Å²) in [6.07, 6.45) is 0. The summed E-state index contributed by atoms with van der Waals surface area (Å²) in [7, 11) is 4.64. The molecule has 9 heteroatoms. The van der Waals surface area contributed by atoms with E-state index in [9.17, 15) is 4.79 Å². The number of hydrogen-bond donors (Lipinski definition) is 1. The smallest absolute Gasteiger partial charge is 0.256 e. The van der Waals surface area contributed by atoms with Crippen molar-refractivity contribution in [2.75, 3.05) is 21.3 Å². The van der Waals surface area contributed by atoms with Crippen LogP contribution in [-0.2, 0) is 13.1 Å². The van der Waals surface area contributed by atoms with Crippen LogP contribution in [0.2, 0.25) is 10.2 Å². The Kier molecular flexibility index (Phi) is 7.30. The van der Waals surface area contributed by atoms with Gasteiger partial charge in [0.15, 0.2) is 0 Å². The maximum absolute atomic E-state index is 12.9. The van der Waals surface area contributed by atoms with Gasteiger partial charge in [-0.15, -0.1) is 0 Å². The van der Waals surface area contributed by atoms with Crippen LogP contribution in [0.25, 0.3) is 0 Å². The fourth-order valence-corrected chi connectivity index (χ4v) is 3.73. The molecule has 0 spiro atoms. The number of amides is 1. The number of carbonyl (C=O) groups is 1. The number of ether oxygens (including phenoxy) is 3. The van der Waals surface area contributed by atoms with Gasteiger partial charge in [-0.25, -0.2) is 4.68 Å². The molecule has 7 nitrogen and oxygen atoms in total. The van der Waals surface area contributed by atoms with Crippen molar-refractivity contribution in [2.24, 2.45) is 0 Å². The molecule has 0 aliphatic heterocycles. The van der Waals surface area contributed by atoms with E-state index in [1.807, 2.05) is 18.2 Å². The molecule has 1 N–H and O–H groups in total. The minimum Gasteiger partial charge on any atom is -0.496 e. The molecule has 3 rings (SSSR count). The number of halogens is 2. The molecule has 1 amide bonds. The van der Waals surface area contributed by atoms with Crippen molar-refractivity contribution in [3.05, 3.63) is 69.0 Å². The lowest BCUT2D eigenvalue weighted by molar-refractivity contribution is 0.0950. The summed E-state index contributed by atoms with van der Waals surface area (Å²) in [5, 5.41) is 8.13. The fraction of sp³-hybridized carbons (Fsp3) is 0.273. The Balaban J connectivity index is 1.82. The topological polar surface area (TPSA) is 74.6 Å². The summed E-state index contributed by atoms with van der Waals surface area (Å²) in [5.41, 5.74) is 2.35. The third kappa shape index (κ3) is 4.89. The number of aryl methyl sites for hydroxylation is 1. The largest absolute Gasteiger partial charge is 0.496 e. The molecular formula is C22H23Cl2N3O4. The van der Waals surface area contributed by atoms with Gasteiger partial charge in [0.05, 0.1) is 51.2 Å². The summed E-state index contributed by atoms with van der Waals surface area (Å²) in [4.78, 5) is 12.9. The summed E-state index contributed by atoms with van der Waals surface area (Å²) in [6.45, 7) is 2.26. The summed E-state index contributed by atoms with van der Waals surface area (Å²) in [6, 6.07) is 10.9. The Labute approximate surface area is 190 Å². The molecule has 0 aliphatic rings. The Morgan fingerprint density at radius 3 is 2.29 bits per heavy atom. The first-order valence-corrected chi connectivity index (χ1v) is 10.2. The SMILES string of the molecule is COc1cc(OC)c(CNC(=O)c2c(C)nn(Cc3ccccc3Cl)c2Cl)c(OC)c1. The number of nitrogens with one attached hydrogen (secondary N) is 1. The second kappa shape index (κ2) is 9.94. The second-order valence-electron chi connectivity index (χ2n) is 6.69. The van der Waals surface area contributed by atoms with E-state index in [0.29, 0.717) is 45.6 Å². The lowest BCUT2D eigenvalue weighted by Gasteiger charge is -2.15. The Morgan fingerprint density at radius 1 is 1.06 bits per heavy atom. The van der Waals surface area contributed by atoms with Gasteiger partial charge in [-0.1, -0.05) is 41.4 Å². The number of nitrogens with zero attached hydrogens (tertiary/aromatic N) is 2. The minimum atomic E-state index is -0.354. The molecule has 0 radical (unpaired) electrons. The van der Waals surface area contributed by atoms with E-state index in [0.717, 1.165) is 5.56 Å². The highest BCUT2D eigenvalue weighted by atomic mass is 35.5. The van der Waals surface area contributed by atoms with Gasteiger partial charge in [-0.2, -0.15) is 5.10 Å². The van der Waals surface area contributed by atoms with E-state index < -0.39 is 0 Å². The number of benzene rings is 2. The van der Waals surface area contributed by atoms with Gasteiger partial charge in [-0.3, -0.25) is 4.79 Å². The molecule has 0 bridgehead atoms. The highest BCUT2D eigenvalue weighted by molar-refractivity contribution is 6.33. The van der Waals surface area contributed by atoms with Crippen molar-refractivity contribution in [1.29, 1.82) is 0 Å². The van der Waals surface area contributed by atoms with Crippen LogP contribution in [-0.4, -0.2) is 37.0 Å². The first-order valence-electron chi connectivity index (χ1n) is 9.43. The molecule has 0 unspecified atom stereocenters. The molecule has 0 fully saturated rings. The van der Waals surface area contributed by atoms with Crippen molar-refractivity contribution in [1.82, 2.24) is 15.1 Å². The van der Waals surface area contributed by atoms with Crippen LogP contribution in [0.3, 0.4) is 0 Å². The van der Waals surface area contributed by atoms with Gasteiger partial charge >= 0.3 is 0 Å². The molecule has 1 heterocycles. The maximum Gasteiger partial charge on any atom is 0.256 e. The Bertz CT molecular complexity index is 1070. The average molecular weight is 464 g/mol. The van der Waals surface area contributed by atoms with Crippen molar-refractivity contribution < 1.29 is 19.0 Å². The molecule has 0 aliphatic carbocycles. The van der Waals surface area contributed by atoms with Crippen molar-refractivity contribution >= 4 is 29.1 Å². The highest BCUT2D eigenvalue weighted by Crippen LogP contribution is 2.34. The van der Waals surface area contributed by atoms with Crippen LogP contribution in [0.4, 0.5) is 0 Å². The van der Waals surface area contributed by atoms with E-state index in [1.165, 1.54) is 0 Å². The third-order valence-corrected chi connectivity index (χ3v) is 5.57. The Morgan fingerprint density at radius 2 is 1.71 bits per heavy atom. The molecule has 3 aromatic rings. The van der Waals surface area contributed by atoms with Gasteiger partial charge in [0.1, 0.15) is 22.4 Å². The Hall–Kier alpha value is -2.90. The van der Waals surface area contributed by atoms with E-state index in [2.05, 4.69) is 10.4 Å². The summed E-state index contributed by atoms with van der Waals surface area (Å²) in [5.74, 6) is 1.30. The number of rotatable bonds is 8. The average Bonchev–Trinajstić information content (AvgIpc) is 3.05. The monoisotopic (exact) mass is 463 g/mol. The summed E-state index contributed by atoms with van der Waals surface area (Å²) < 4.78 is 17.7. The van der Waals surface area contributed by atoms with Gasteiger partial charge in [0, 0.05) is 17.2 Å². The lowest BCUT2D eigenvalue weighted by Crippen LogP contribution is -2.24. The fourth-order valence-electron chi connectivity index (χ4n) is 3.21. The van der Waals surface area contributed by atoms with E-state index in [4.69, 9.17) is 37.4 Å². The summed E-state index contributed by atoms with van der Waals surface area (Å²) >= 11 is 12.7. The zero-order chi connectivity index (χ0) is 22.5. The molecule has 164 valence electrons. The van der Waals surface area contributed by atoms with Gasteiger partial charge < -0.3 is 19.5 Å². The van der Waals surface area contributed by atoms with Crippen molar-refractivity contribution in [2.45, 2.75) is 20.0 Å². The number of methoxy groups -OCH3 is 3. The first kappa shape index (κ1) is 22.8. The number of aromatic nitrogens is 2. The standard InChI is InChI=1S/C22H23Cl2N3O4/c1-13-20(21(24)27(26-13)12-14-7-5-6-8-17(14)23)22(28)25-11-16-18(30-3)9-15(29-2)10-19(16)31-4/h5-10H,11-12H2,1-4H3,(H,25,28). The first-order chi connectivity index (χ1) is 14.9. The predicted octanol–water partition coefficient (Wildman–Crippen LogP) is 4.50. The minimum absolute atomic E-state index is 0.167. The number of hydrogen-bond acceptors (Lipinski definition) is 5. The molecule has 0 saturated carbocycles. The molecule has 1 aromatic heterocycles. The van der Waals surface area contributed by atoms with Crippen LogP contribution < -0.4 is 19.5 Å². The third-order valence-electron chi connectivity index (χ3n) is 4.81. The normalized spacial score (nSPS) is 10.6. The molecule has 2 aromatic carbocycles. The number of carbonyl (C=O) groups excluding carboxylic acids is 1. The van der Waals surface area contributed by atoms with Crippen molar-refractivity contribution in [3.63, 3.8) is 0 Å². The van der Waals surface area contributed by atoms with Gasteiger partial charge in [0.2, 0.25) is 0 Å². The molecule has 0 atom stereocenters. The zero-order valence-corrected chi connectivity index (χ0v) is 19.2. The van der Waals surface area contributed by atoms with Crippen LogP contribution in [0.5, 0.6) is 17.2 Å². The van der Waals surface area contributed by atoms with E-state index >= 15 is 0 Å². The highest BCUT2D eigenvalue weighted by Gasteiger charge is 2.22. The van der Waals surface area contributed by atoms with E-state index in [1.54, 1.807) is 51.1 Å². The van der Waals surface area contributed by atoms with Crippen LogP contribution in [0.15, 0.2) is 36.4 Å². The van der Waals surface area contributed by atoms with Crippen LogP contribution >= 0.6 is 23.2 Å². The molecular weight excluding hydrogens is 441 g/mol. The molecule has 31 heavy (non-hydrogen) atoms. The maximum atomic E-state index is 12.9. The lowest BCUT2D eigenvalue weighted by atomic mass is 10.1. The zero-order valence-electron chi connectivity index (χ0n) is 17.7. The van der Waals surface area contributed by atoms with Crippen LogP contribution in [0, 0.1) is 6.92 Å². The van der Waals surface area contributed by atoms with Crippen LogP contribution in [0.1, 0.15) is 27.2 Å². The second-order valence-corrected chi connectivity index (χ2v) is 7.46.